The number of rotatable bonds is 3. The molecule has 2 heterocycles. The molecule has 2 aromatic rings. The van der Waals surface area contributed by atoms with E-state index in [0.29, 0.717) is 6.04 Å². The summed E-state index contributed by atoms with van der Waals surface area (Å²) >= 11 is 0. The zero-order valence-electron chi connectivity index (χ0n) is 9.97. The van der Waals surface area contributed by atoms with Crippen LogP contribution in [0.2, 0.25) is 0 Å². The predicted octanol–water partition coefficient (Wildman–Crippen LogP) is 2.64. The van der Waals surface area contributed by atoms with Gasteiger partial charge in [0.15, 0.2) is 0 Å². The summed E-state index contributed by atoms with van der Waals surface area (Å²) in [6.45, 7) is 3.23. The zero-order chi connectivity index (χ0) is 11.0. The molecule has 17 heavy (non-hydrogen) atoms. The Kier molecular flexibility index (Phi) is 3.69. The smallest absolute Gasteiger partial charge is 0.136 e. The van der Waals surface area contributed by atoms with E-state index in [9.17, 15) is 0 Å². The molecule has 0 radical (unpaired) electrons. The van der Waals surface area contributed by atoms with Gasteiger partial charge in [0.1, 0.15) is 5.65 Å². The van der Waals surface area contributed by atoms with Gasteiger partial charge in [0, 0.05) is 18.8 Å². The molecule has 4 heteroatoms. The lowest BCUT2D eigenvalue weighted by atomic mass is 9.82. The summed E-state index contributed by atoms with van der Waals surface area (Å²) in [5, 5.41) is 3.58. The number of nitrogens with zero attached hydrogens (tertiary/aromatic N) is 2. The minimum absolute atomic E-state index is 0. The Hall–Kier alpha value is -1.06. The van der Waals surface area contributed by atoms with Crippen LogP contribution < -0.4 is 5.32 Å². The fourth-order valence-corrected chi connectivity index (χ4v) is 2.43. The third-order valence-electron chi connectivity index (χ3n) is 3.44. The van der Waals surface area contributed by atoms with Gasteiger partial charge in [0.25, 0.3) is 0 Å². The lowest BCUT2D eigenvalue weighted by Gasteiger charge is -2.33. The van der Waals surface area contributed by atoms with Gasteiger partial charge in [-0.3, -0.25) is 0 Å². The molecule has 1 aliphatic rings. The van der Waals surface area contributed by atoms with Crippen LogP contribution in [0.3, 0.4) is 0 Å². The normalized spacial score (nSPS) is 23.1. The Morgan fingerprint density at radius 2 is 2.24 bits per heavy atom. The summed E-state index contributed by atoms with van der Waals surface area (Å²) in [5.74, 6) is 0.902. The molecule has 0 aromatic carbocycles. The van der Waals surface area contributed by atoms with E-state index in [1.807, 2.05) is 24.4 Å². The molecule has 0 saturated heterocycles. The highest BCUT2D eigenvalue weighted by molar-refractivity contribution is 5.85. The van der Waals surface area contributed by atoms with Crippen LogP contribution in [0.1, 0.15) is 25.5 Å². The number of aromatic nitrogens is 2. The first-order chi connectivity index (χ1) is 7.83. The second-order valence-electron chi connectivity index (χ2n) is 4.83. The average molecular weight is 252 g/mol. The third kappa shape index (κ3) is 2.45. The van der Waals surface area contributed by atoms with Crippen molar-refractivity contribution in [1.29, 1.82) is 0 Å². The van der Waals surface area contributed by atoms with Gasteiger partial charge in [0.05, 0.1) is 11.9 Å². The van der Waals surface area contributed by atoms with Crippen molar-refractivity contribution in [3.63, 3.8) is 0 Å². The van der Waals surface area contributed by atoms with Crippen molar-refractivity contribution in [1.82, 2.24) is 14.7 Å². The third-order valence-corrected chi connectivity index (χ3v) is 3.44. The molecule has 0 bridgehead atoms. The maximum Gasteiger partial charge on any atom is 0.136 e. The second kappa shape index (κ2) is 5.07. The van der Waals surface area contributed by atoms with E-state index in [1.54, 1.807) is 0 Å². The summed E-state index contributed by atoms with van der Waals surface area (Å²) in [5.41, 5.74) is 2.27. The molecule has 0 aliphatic heterocycles. The van der Waals surface area contributed by atoms with E-state index in [1.165, 1.54) is 18.5 Å². The number of nitrogens with one attached hydrogen (secondary N) is 1. The number of halogens is 1. The van der Waals surface area contributed by atoms with Crippen LogP contribution >= 0.6 is 12.4 Å². The van der Waals surface area contributed by atoms with Gasteiger partial charge in [-0.2, -0.15) is 0 Å². The minimum Gasteiger partial charge on any atom is -0.308 e. The van der Waals surface area contributed by atoms with E-state index < -0.39 is 0 Å². The lowest BCUT2D eigenvalue weighted by Crippen LogP contribution is -2.39. The van der Waals surface area contributed by atoms with Gasteiger partial charge < -0.3 is 9.72 Å². The van der Waals surface area contributed by atoms with Gasteiger partial charge in [-0.1, -0.05) is 13.0 Å². The summed E-state index contributed by atoms with van der Waals surface area (Å²) in [6, 6.07) is 6.82. The van der Waals surface area contributed by atoms with Crippen molar-refractivity contribution < 1.29 is 0 Å². The molecule has 1 N–H and O–H groups in total. The second-order valence-corrected chi connectivity index (χ2v) is 4.83. The maximum atomic E-state index is 4.38. The molecule has 92 valence electrons. The molecule has 0 atom stereocenters. The average Bonchev–Trinajstić information content (AvgIpc) is 2.66. The van der Waals surface area contributed by atoms with Gasteiger partial charge in [-0.25, -0.2) is 4.98 Å². The molecule has 3 nitrogen and oxygen atoms in total. The molecular formula is C13H18ClN3. The van der Waals surface area contributed by atoms with Crippen molar-refractivity contribution in [3.8, 4) is 0 Å². The van der Waals surface area contributed by atoms with Crippen molar-refractivity contribution in [2.24, 2.45) is 5.92 Å². The molecule has 2 aromatic heterocycles. The molecule has 1 fully saturated rings. The standard InChI is InChI=1S/C13H17N3.ClH/c1-10-6-11(7-10)14-8-12-9-15-13-4-2-3-5-16(12)13;/h2-5,9-11,14H,6-8H2,1H3;1H. The summed E-state index contributed by atoms with van der Waals surface area (Å²) in [6.07, 6.45) is 6.67. The molecule has 0 spiro atoms. The van der Waals surface area contributed by atoms with Gasteiger partial charge >= 0.3 is 0 Å². The van der Waals surface area contributed by atoms with Gasteiger partial charge in [0.2, 0.25) is 0 Å². The van der Waals surface area contributed by atoms with Crippen LogP contribution in [0.15, 0.2) is 30.6 Å². The summed E-state index contributed by atoms with van der Waals surface area (Å²) < 4.78 is 2.15. The monoisotopic (exact) mass is 251 g/mol. The van der Waals surface area contributed by atoms with Crippen LogP contribution in [-0.2, 0) is 6.54 Å². The molecule has 1 aliphatic carbocycles. The molecule has 1 saturated carbocycles. The summed E-state index contributed by atoms with van der Waals surface area (Å²) in [7, 11) is 0. The Morgan fingerprint density at radius 1 is 1.41 bits per heavy atom. The van der Waals surface area contributed by atoms with Crippen molar-refractivity contribution in [2.45, 2.75) is 32.4 Å². The Morgan fingerprint density at radius 3 is 3.00 bits per heavy atom. The molecule has 3 rings (SSSR count). The van der Waals surface area contributed by atoms with E-state index in [2.05, 4.69) is 27.8 Å². The van der Waals surface area contributed by atoms with Crippen LogP contribution in [0.25, 0.3) is 5.65 Å². The highest BCUT2D eigenvalue weighted by Crippen LogP contribution is 2.26. The van der Waals surface area contributed by atoms with Crippen LogP contribution in [0.4, 0.5) is 0 Å². The molecule has 0 amide bonds. The quantitative estimate of drug-likeness (QED) is 0.909. The first-order valence-corrected chi connectivity index (χ1v) is 5.97. The van der Waals surface area contributed by atoms with Gasteiger partial charge in [-0.05, 0) is 30.9 Å². The minimum atomic E-state index is 0. The lowest BCUT2D eigenvalue weighted by molar-refractivity contribution is 0.239. The Labute approximate surface area is 108 Å². The number of fused-ring (bicyclic) bond motifs is 1. The van der Waals surface area contributed by atoms with E-state index in [4.69, 9.17) is 0 Å². The van der Waals surface area contributed by atoms with Crippen molar-refractivity contribution >= 4 is 18.1 Å². The van der Waals surface area contributed by atoms with E-state index in [0.717, 1.165) is 18.1 Å². The maximum absolute atomic E-state index is 4.38. The summed E-state index contributed by atoms with van der Waals surface area (Å²) in [4.78, 5) is 4.38. The fourth-order valence-electron chi connectivity index (χ4n) is 2.43. The fraction of sp³-hybridized carbons (Fsp3) is 0.462. The van der Waals surface area contributed by atoms with Crippen LogP contribution in [0, 0.1) is 5.92 Å². The number of hydrogen-bond donors (Lipinski definition) is 1. The van der Waals surface area contributed by atoms with Gasteiger partial charge in [-0.15, -0.1) is 12.4 Å². The number of pyridine rings is 1. The van der Waals surface area contributed by atoms with Crippen LogP contribution in [0.5, 0.6) is 0 Å². The Balaban J connectivity index is 0.00000108. The van der Waals surface area contributed by atoms with Crippen molar-refractivity contribution in [3.05, 3.63) is 36.3 Å². The molecule has 0 unspecified atom stereocenters. The predicted molar refractivity (Wildman–Crippen MR) is 71.5 cm³/mol. The molecular weight excluding hydrogens is 234 g/mol. The largest absolute Gasteiger partial charge is 0.308 e. The highest BCUT2D eigenvalue weighted by Gasteiger charge is 2.24. The van der Waals surface area contributed by atoms with E-state index in [-0.39, 0.29) is 12.4 Å². The van der Waals surface area contributed by atoms with Crippen LogP contribution in [-0.4, -0.2) is 15.4 Å². The van der Waals surface area contributed by atoms with Crippen molar-refractivity contribution in [2.75, 3.05) is 0 Å². The first kappa shape index (κ1) is 12.4. The number of hydrogen-bond acceptors (Lipinski definition) is 2. The number of imidazole rings is 1. The Bertz CT molecular complexity index is 488. The topological polar surface area (TPSA) is 29.3 Å². The zero-order valence-corrected chi connectivity index (χ0v) is 10.8. The first-order valence-electron chi connectivity index (χ1n) is 5.97. The highest BCUT2D eigenvalue weighted by atomic mass is 35.5. The van der Waals surface area contributed by atoms with E-state index >= 15 is 0 Å². The SMILES string of the molecule is CC1CC(NCc2cnc3ccccn23)C1.Cl.